The summed E-state index contributed by atoms with van der Waals surface area (Å²) in [5, 5.41) is 28.1. The van der Waals surface area contributed by atoms with Crippen LogP contribution in [0, 0.1) is 6.92 Å². The van der Waals surface area contributed by atoms with Crippen molar-refractivity contribution in [2.75, 3.05) is 7.05 Å². The molecule has 0 atom stereocenters. The molecule has 3 rings (SSSR count). The third kappa shape index (κ3) is 9.72. The van der Waals surface area contributed by atoms with Crippen molar-refractivity contribution in [1.29, 1.82) is 0 Å². The Balaban J connectivity index is 0.000000992. The van der Waals surface area contributed by atoms with Gasteiger partial charge in [0.15, 0.2) is 5.75 Å². The fourth-order valence-electron chi connectivity index (χ4n) is 2.32. The van der Waals surface area contributed by atoms with Crippen molar-refractivity contribution in [1.82, 2.24) is 0 Å². The second-order valence-electron chi connectivity index (χ2n) is 5.38. The predicted octanol–water partition coefficient (Wildman–Crippen LogP) is 7.03. The quantitative estimate of drug-likeness (QED) is 0.436. The summed E-state index contributed by atoms with van der Waals surface area (Å²) >= 11 is 0. The number of phenols is 1. The molecule has 0 spiro atoms. The van der Waals surface area contributed by atoms with Gasteiger partial charge in [-0.15, -0.1) is 17.7 Å². The molecule has 0 aliphatic rings. The molecule has 8 nitrogen and oxygen atoms in total. The molecule has 0 unspecified atom stereocenters. The maximum atomic E-state index is 10.4. The Morgan fingerprint density at radius 1 is 0.742 bits per heavy atom. The number of rotatable bonds is 3. The molecule has 9 heteroatoms. The average molecular weight is 445 g/mol. The van der Waals surface area contributed by atoms with Crippen LogP contribution in [-0.2, 0) is 10.6 Å². The van der Waals surface area contributed by atoms with Gasteiger partial charge in [0.25, 0.3) is 0 Å². The van der Waals surface area contributed by atoms with E-state index in [9.17, 15) is 5.11 Å². The highest BCUT2D eigenvalue weighted by Gasteiger charge is 2.06. The number of phenolic OH excluding ortho intramolecular Hbond substituents is 1. The Morgan fingerprint density at radius 2 is 1.26 bits per heavy atom. The van der Waals surface area contributed by atoms with Gasteiger partial charge in [-0.05, 0) is 42.6 Å². The average Bonchev–Trinajstić information content (AvgIpc) is 2.77. The lowest BCUT2D eigenvalue weighted by Gasteiger charge is -2.04. The minimum absolute atomic E-state index is 0.141. The number of fused-ring (bicyclic) bond motifs is 1. The SMILES string of the molecule is CC.CC.CN=Nc1ccc(N=Nc2ccc3cc(C)ccc3c2O)cc1.O=S(=O)=O. The summed E-state index contributed by atoms with van der Waals surface area (Å²) < 4.78 is 25.3. The standard InChI is InChI=1S/C18H16N4O.2C2H6.O3S/c1-12-3-9-16-13(11-12)4-10-17(18(16)23)22-21-15-7-5-14(6-8-15)20-19-2;2*1-2;1-4(2)3/h3-11,23H,1-2H3;2*1-2H3;. The van der Waals surface area contributed by atoms with Crippen molar-refractivity contribution >= 4 is 38.4 Å². The first kappa shape index (κ1) is 27.5. The van der Waals surface area contributed by atoms with Crippen LogP contribution in [0.15, 0.2) is 75.1 Å². The summed E-state index contributed by atoms with van der Waals surface area (Å²) in [6.07, 6.45) is 0. The van der Waals surface area contributed by atoms with Crippen molar-refractivity contribution in [3.05, 3.63) is 60.2 Å². The Hall–Kier alpha value is -3.46. The maximum absolute atomic E-state index is 10.4. The molecular formula is C22H28N4O4S. The number of nitrogens with zero attached hydrogens (tertiary/aromatic N) is 4. The minimum atomic E-state index is -3.11. The minimum Gasteiger partial charge on any atom is -0.505 e. The van der Waals surface area contributed by atoms with E-state index in [1.165, 1.54) is 0 Å². The summed E-state index contributed by atoms with van der Waals surface area (Å²) in [6, 6.07) is 16.8. The van der Waals surface area contributed by atoms with E-state index in [-0.39, 0.29) is 5.75 Å². The van der Waals surface area contributed by atoms with Gasteiger partial charge in [0.1, 0.15) is 5.69 Å². The van der Waals surface area contributed by atoms with E-state index in [1.807, 2.05) is 71.0 Å². The molecule has 0 heterocycles. The van der Waals surface area contributed by atoms with E-state index in [0.29, 0.717) is 11.4 Å². The Labute approximate surface area is 184 Å². The number of benzene rings is 3. The van der Waals surface area contributed by atoms with Crippen molar-refractivity contribution in [2.45, 2.75) is 34.6 Å². The van der Waals surface area contributed by atoms with Gasteiger partial charge < -0.3 is 5.11 Å². The fourth-order valence-corrected chi connectivity index (χ4v) is 2.32. The molecule has 0 aromatic heterocycles. The zero-order chi connectivity index (χ0) is 23.8. The van der Waals surface area contributed by atoms with Gasteiger partial charge in [-0.3, -0.25) is 0 Å². The van der Waals surface area contributed by atoms with Crippen molar-refractivity contribution < 1.29 is 17.7 Å². The largest absolute Gasteiger partial charge is 0.505 e. The van der Waals surface area contributed by atoms with Crippen LogP contribution in [0.2, 0.25) is 0 Å². The van der Waals surface area contributed by atoms with Gasteiger partial charge in [-0.25, -0.2) is 0 Å². The first-order valence-electron chi connectivity index (χ1n) is 9.71. The van der Waals surface area contributed by atoms with Crippen LogP contribution in [0.25, 0.3) is 10.8 Å². The summed E-state index contributed by atoms with van der Waals surface area (Å²) in [4.78, 5) is 0. The third-order valence-corrected chi connectivity index (χ3v) is 3.46. The second-order valence-corrected chi connectivity index (χ2v) is 5.79. The summed E-state index contributed by atoms with van der Waals surface area (Å²) in [7, 11) is -1.49. The molecule has 0 radical (unpaired) electrons. The van der Waals surface area contributed by atoms with E-state index in [4.69, 9.17) is 12.6 Å². The van der Waals surface area contributed by atoms with E-state index < -0.39 is 10.6 Å². The molecule has 0 fully saturated rings. The number of aromatic hydroxyl groups is 1. The van der Waals surface area contributed by atoms with E-state index in [2.05, 4.69) is 20.5 Å². The van der Waals surface area contributed by atoms with Crippen LogP contribution in [0.3, 0.4) is 0 Å². The lowest BCUT2D eigenvalue weighted by atomic mass is 10.1. The van der Waals surface area contributed by atoms with Gasteiger partial charge >= 0.3 is 10.6 Å². The monoisotopic (exact) mass is 444 g/mol. The zero-order valence-electron chi connectivity index (χ0n) is 18.6. The lowest BCUT2D eigenvalue weighted by Crippen LogP contribution is -1.77. The van der Waals surface area contributed by atoms with Gasteiger partial charge in [0, 0.05) is 12.4 Å². The molecule has 0 saturated heterocycles. The summed E-state index contributed by atoms with van der Waals surface area (Å²) in [5.41, 5.74) is 3.04. The van der Waals surface area contributed by atoms with Crippen LogP contribution >= 0.6 is 0 Å². The lowest BCUT2D eigenvalue weighted by molar-refractivity contribution is 0.482. The molecule has 0 saturated carbocycles. The van der Waals surface area contributed by atoms with Gasteiger partial charge in [-0.2, -0.15) is 15.3 Å². The number of azo groups is 2. The first-order valence-corrected chi connectivity index (χ1v) is 10.7. The molecular weight excluding hydrogens is 416 g/mol. The van der Waals surface area contributed by atoms with Crippen LogP contribution in [0.4, 0.5) is 17.1 Å². The zero-order valence-corrected chi connectivity index (χ0v) is 19.4. The number of hydrogen-bond donors (Lipinski definition) is 1. The van der Waals surface area contributed by atoms with Crippen molar-refractivity contribution in [2.24, 2.45) is 20.5 Å². The number of aryl methyl sites for hydroxylation is 1. The molecule has 3 aromatic rings. The topological polar surface area (TPSA) is 121 Å². The van der Waals surface area contributed by atoms with Crippen LogP contribution in [-0.4, -0.2) is 24.8 Å². The molecule has 0 bridgehead atoms. The molecule has 31 heavy (non-hydrogen) atoms. The maximum Gasteiger partial charge on any atom is 0.425 e. The van der Waals surface area contributed by atoms with Crippen LogP contribution in [0.1, 0.15) is 33.3 Å². The Morgan fingerprint density at radius 3 is 1.77 bits per heavy atom. The molecule has 166 valence electrons. The smallest absolute Gasteiger partial charge is 0.425 e. The Bertz CT molecular complexity index is 1100. The molecule has 0 aliphatic heterocycles. The Kier molecular flexibility index (Phi) is 13.7. The summed E-state index contributed by atoms with van der Waals surface area (Å²) in [6.45, 7) is 10.0. The van der Waals surface area contributed by atoms with Gasteiger partial charge in [0.2, 0.25) is 0 Å². The first-order chi connectivity index (χ1) is 14.9. The van der Waals surface area contributed by atoms with E-state index in [1.54, 1.807) is 25.2 Å². The molecule has 0 aliphatic carbocycles. The van der Waals surface area contributed by atoms with Crippen molar-refractivity contribution in [3.8, 4) is 5.75 Å². The van der Waals surface area contributed by atoms with Crippen molar-refractivity contribution in [3.63, 3.8) is 0 Å². The normalized spacial score (nSPS) is 9.87. The van der Waals surface area contributed by atoms with Crippen LogP contribution in [0.5, 0.6) is 5.75 Å². The highest BCUT2D eigenvalue weighted by molar-refractivity contribution is 7.59. The van der Waals surface area contributed by atoms with E-state index >= 15 is 0 Å². The number of hydrogen-bond acceptors (Lipinski definition) is 8. The highest BCUT2D eigenvalue weighted by atomic mass is 32.2. The highest BCUT2D eigenvalue weighted by Crippen LogP contribution is 2.36. The van der Waals surface area contributed by atoms with Gasteiger partial charge in [0.05, 0.1) is 11.4 Å². The molecule has 3 aromatic carbocycles. The summed E-state index contributed by atoms with van der Waals surface area (Å²) in [5.74, 6) is 0.141. The van der Waals surface area contributed by atoms with E-state index in [0.717, 1.165) is 22.0 Å². The molecule has 1 N–H and O–H groups in total. The fraction of sp³-hybridized carbons (Fsp3) is 0.273. The van der Waals surface area contributed by atoms with Gasteiger partial charge in [-0.1, -0.05) is 57.5 Å². The predicted molar refractivity (Wildman–Crippen MR) is 124 cm³/mol. The molecule has 0 amide bonds. The second kappa shape index (κ2) is 15.4. The third-order valence-electron chi connectivity index (χ3n) is 3.46. The van der Waals surface area contributed by atoms with Crippen LogP contribution < -0.4 is 0 Å².